The monoisotopic (exact) mass is 245 g/mol. The van der Waals surface area contributed by atoms with Gasteiger partial charge in [0.15, 0.2) is 0 Å². The number of likely N-dealkylation sites (tertiary alicyclic amines) is 1. The molecule has 2 heteroatoms. The lowest BCUT2D eigenvalue weighted by atomic mass is 10.0. The average molecular weight is 245 g/mol. The molecule has 1 saturated heterocycles. The first-order valence-electron chi connectivity index (χ1n) is 6.83. The number of benzene rings is 1. The highest BCUT2D eigenvalue weighted by Crippen LogP contribution is 2.21. The van der Waals surface area contributed by atoms with Crippen LogP contribution in [-0.4, -0.2) is 24.6 Å². The summed E-state index contributed by atoms with van der Waals surface area (Å²) in [7, 11) is 1.71. The molecule has 1 heterocycles. The van der Waals surface area contributed by atoms with E-state index in [1.807, 2.05) is 12.1 Å². The maximum absolute atomic E-state index is 5.19. The van der Waals surface area contributed by atoms with Crippen molar-refractivity contribution in [2.75, 3.05) is 13.7 Å². The largest absolute Gasteiger partial charge is 0.497 e. The summed E-state index contributed by atoms with van der Waals surface area (Å²) < 4.78 is 5.19. The molecule has 0 aromatic heterocycles. The third kappa shape index (κ3) is 3.36. The third-order valence-electron chi connectivity index (χ3n) is 3.62. The standard InChI is InChI=1S/C16H23NO/c1-3-6-15-7-4-5-12-17(15)13-14-8-10-16(18-2)11-9-14/h3,6,8-11,15H,4-5,7,12-13H2,1-2H3/b6-3+. The molecule has 0 spiro atoms. The van der Waals surface area contributed by atoms with E-state index in [0.29, 0.717) is 6.04 Å². The molecule has 1 aromatic rings. The van der Waals surface area contributed by atoms with Crippen molar-refractivity contribution in [2.24, 2.45) is 0 Å². The fourth-order valence-corrected chi connectivity index (χ4v) is 2.62. The van der Waals surface area contributed by atoms with E-state index < -0.39 is 0 Å². The van der Waals surface area contributed by atoms with Gasteiger partial charge in [-0.2, -0.15) is 0 Å². The minimum absolute atomic E-state index is 0.617. The highest BCUT2D eigenvalue weighted by molar-refractivity contribution is 5.27. The summed E-state index contributed by atoms with van der Waals surface area (Å²) in [6.45, 7) is 4.36. The van der Waals surface area contributed by atoms with Gasteiger partial charge in [-0.3, -0.25) is 4.90 Å². The van der Waals surface area contributed by atoms with Crippen LogP contribution in [0.2, 0.25) is 0 Å². The molecule has 1 aromatic carbocycles. The van der Waals surface area contributed by atoms with Gasteiger partial charge in [0.25, 0.3) is 0 Å². The number of ether oxygens (including phenoxy) is 1. The van der Waals surface area contributed by atoms with Gasteiger partial charge >= 0.3 is 0 Å². The number of allylic oxidation sites excluding steroid dienone is 1. The molecule has 1 aliphatic heterocycles. The smallest absolute Gasteiger partial charge is 0.118 e. The van der Waals surface area contributed by atoms with E-state index in [2.05, 4.69) is 36.1 Å². The first-order valence-corrected chi connectivity index (χ1v) is 6.83. The number of methoxy groups -OCH3 is 1. The topological polar surface area (TPSA) is 12.5 Å². The highest BCUT2D eigenvalue weighted by Gasteiger charge is 2.19. The molecular weight excluding hydrogens is 222 g/mol. The lowest BCUT2D eigenvalue weighted by molar-refractivity contribution is 0.171. The molecule has 0 amide bonds. The van der Waals surface area contributed by atoms with Gasteiger partial charge in [0, 0.05) is 12.6 Å². The molecule has 2 rings (SSSR count). The van der Waals surface area contributed by atoms with E-state index in [1.165, 1.54) is 31.4 Å². The minimum Gasteiger partial charge on any atom is -0.497 e. The molecule has 0 bridgehead atoms. The predicted molar refractivity (Wildman–Crippen MR) is 75.9 cm³/mol. The lowest BCUT2D eigenvalue weighted by Gasteiger charge is -2.34. The summed E-state index contributed by atoms with van der Waals surface area (Å²) >= 11 is 0. The Morgan fingerprint density at radius 1 is 1.28 bits per heavy atom. The van der Waals surface area contributed by atoms with Crippen molar-refractivity contribution >= 4 is 0 Å². The third-order valence-corrected chi connectivity index (χ3v) is 3.62. The van der Waals surface area contributed by atoms with E-state index in [9.17, 15) is 0 Å². The molecule has 1 unspecified atom stereocenters. The summed E-state index contributed by atoms with van der Waals surface area (Å²) in [5.41, 5.74) is 1.37. The Morgan fingerprint density at radius 2 is 2.06 bits per heavy atom. The Morgan fingerprint density at radius 3 is 2.72 bits per heavy atom. The van der Waals surface area contributed by atoms with Gasteiger partial charge in [0.05, 0.1) is 7.11 Å². The number of nitrogens with zero attached hydrogens (tertiary/aromatic N) is 1. The van der Waals surface area contributed by atoms with Crippen LogP contribution in [0.3, 0.4) is 0 Å². The van der Waals surface area contributed by atoms with Crippen LogP contribution in [-0.2, 0) is 6.54 Å². The van der Waals surface area contributed by atoms with Gasteiger partial charge in [0.2, 0.25) is 0 Å². The molecule has 2 nitrogen and oxygen atoms in total. The lowest BCUT2D eigenvalue weighted by Crippen LogP contribution is -2.37. The van der Waals surface area contributed by atoms with Crippen LogP contribution in [0.1, 0.15) is 31.7 Å². The van der Waals surface area contributed by atoms with Crippen molar-refractivity contribution in [3.8, 4) is 5.75 Å². The first kappa shape index (κ1) is 13.2. The summed E-state index contributed by atoms with van der Waals surface area (Å²) in [5.74, 6) is 0.933. The summed E-state index contributed by atoms with van der Waals surface area (Å²) in [4.78, 5) is 2.57. The fourth-order valence-electron chi connectivity index (χ4n) is 2.62. The van der Waals surface area contributed by atoms with Crippen LogP contribution in [0.5, 0.6) is 5.75 Å². The van der Waals surface area contributed by atoms with Crippen molar-refractivity contribution in [1.29, 1.82) is 0 Å². The van der Waals surface area contributed by atoms with Gasteiger partial charge in [-0.05, 0) is 44.0 Å². The second-order valence-corrected chi connectivity index (χ2v) is 4.91. The molecule has 0 radical (unpaired) electrons. The van der Waals surface area contributed by atoms with Crippen LogP contribution in [0.15, 0.2) is 36.4 Å². The van der Waals surface area contributed by atoms with Crippen LogP contribution >= 0.6 is 0 Å². The van der Waals surface area contributed by atoms with Crippen LogP contribution in [0, 0.1) is 0 Å². The molecule has 1 fully saturated rings. The zero-order valence-corrected chi connectivity index (χ0v) is 11.4. The zero-order valence-electron chi connectivity index (χ0n) is 11.4. The average Bonchev–Trinajstić information content (AvgIpc) is 2.42. The molecule has 1 aliphatic rings. The molecule has 0 aliphatic carbocycles. The van der Waals surface area contributed by atoms with Crippen molar-refractivity contribution in [2.45, 2.75) is 38.8 Å². The van der Waals surface area contributed by atoms with Crippen LogP contribution in [0.25, 0.3) is 0 Å². The van der Waals surface area contributed by atoms with E-state index >= 15 is 0 Å². The SMILES string of the molecule is C/C=C/C1CCCCN1Cc1ccc(OC)cc1. The predicted octanol–water partition coefficient (Wildman–Crippen LogP) is 3.63. The number of hydrogen-bond donors (Lipinski definition) is 0. The Bertz CT molecular complexity index is 383. The van der Waals surface area contributed by atoms with E-state index in [-0.39, 0.29) is 0 Å². The Labute approximate surface area is 110 Å². The molecule has 98 valence electrons. The molecule has 0 saturated carbocycles. The van der Waals surface area contributed by atoms with Gasteiger partial charge in [-0.1, -0.05) is 30.7 Å². The highest BCUT2D eigenvalue weighted by atomic mass is 16.5. The van der Waals surface area contributed by atoms with E-state index in [1.54, 1.807) is 7.11 Å². The van der Waals surface area contributed by atoms with Gasteiger partial charge in [0.1, 0.15) is 5.75 Å². The van der Waals surface area contributed by atoms with Gasteiger partial charge < -0.3 is 4.74 Å². The van der Waals surface area contributed by atoms with Crippen molar-refractivity contribution in [3.63, 3.8) is 0 Å². The summed E-state index contributed by atoms with van der Waals surface area (Å²) in [6.07, 6.45) is 8.48. The van der Waals surface area contributed by atoms with Crippen molar-refractivity contribution < 1.29 is 4.74 Å². The maximum atomic E-state index is 5.19. The normalized spacial score (nSPS) is 21.3. The Kier molecular flexibility index (Phi) is 4.82. The quantitative estimate of drug-likeness (QED) is 0.751. The maximum Gasteiger partial charge on any atom is 0.118 e. The Balaban J connectivity index is 2.01. The van der Waals surface area contributed by atoms with Gasteiger partial charge in [-0.25, -0.2) is 0 Å². The van der Waals surface area contributed by atoms with Crippen molar-refractivity contribution in [1.82, 2.24) is 4.90 Å². The second-order valence-electron chi connectivity index (χ2n) is 4.91. The molecule has 18 heavy (non-hydrogen) atoms. The van der Waals surface area contributed by atoms with Gasteiger partial charge in [-0.15, -0.1) is 0 Å². The first-order chi connectivity index (χ1) is 8.83. The number of rotatable bonds is 4. The van der Waals surface area contributed by atoms with Crippen LogP contribution in [0.4, 0.5) is 0 Å². The van der Waals surface area contributed by atoms with E-state index in [4.69, 9.17) is 4.74 Å². The zero-order chi connectivity index (χ0) is 12.8. The minimum atomic E-state index is 0.617. The summed E-state index contributed by atoms with van der Waals surface area (Å²) in [5, 5.41) is 0. The summed E-state index contributed by atoms with van der Waals surface area (Å²) in [6, 6.07) is 9.04. The van der Waals surface area contributed by atoms with Crippen LogP contribution < -0.4 is 4.74 Å². The molecular formula is C16H23NO. The van der Waals surface area contributed by atoms with Crippen molar-refractivity contribution in [3.05, 3.63) is 42.0 Å². The molecule has 1 atom stereocenters. The van der Waals surface area contributed by atoms with E-state index in [0.717, 1.165) is 12.3 Å². The Hall–Kier alpha value is -1.28. The fraction of sp³-hybridized carbons (Fsp3) is 0.500. The molecule has 0 N–H and O–H groups in total. The number of piperidine rings is 1. The number of hydrogen-bond acceptors (Lipinski definition) is 2. The second kappa shape index (κ2) is 6.60.